The minimum atomic E-state index is -0.823. The van der Waals surface area contributed by atoms with Gasteiger partial charge in [0, 0.05) is 19.3 Å². The third kappa shape index (κ3) is 48.3. The second-order valence-corrected chi connectivity index (χ2v) is 15.9. The zero-order valence-corrected chi connectivity index (χ0v) is 40.5. The SMILES string of the molecule is CC\C=C/C=C\C=C/C=C\C=C/CCCCCC(=O)OC(COC(=O)CCCCC\C=C/C=C\C=C\C=C/C=C\C=C/C=C\CC)COC(=O)CCCCCCCCCCCCCC. The molecule has 0 aromatic rings. The highest BCUT2D eigenvalue weighted by molar-refractivity contribution is 5.71. The lowest BCUT2D eigenvalue weighted by Gasteiger charge is -2.18. The van der Waals surface area contributed by atoms with Crippen molar-refractivity contribution in [2.45, 2.75) is 187 Å². The molecule has 1 atom stereocenters. The van der Waals surface area contributed by atoms with Crippen LogP contribution in [0.1, 0.15) is 181 Å². The molecule has 0 aliphatic carbocycles. The number of carbonyl (C=O) groups is 3. The lowest BCUT2D eigenvalue weighted by molar-refractivity contribution is -0.167. The molecule has 0 aromatic heterocycles. The van der Waals surface area contributed by atoms with Gasteiger partial charge in [-0.25, -0.2) is 0 Å². The minimum Gasteiger partial charge on any atom is -0.462 e. The monoisotopic (exact) mass is 881 g/mol. The first-order valence-corrected chi connectivity index (χ1v) is 25.0. The molecule has 0 rings (SSSR count). The maximum Gasteiger partial charge on any atom is 0.306 e. The van der Waals surface area contributed by atoms with Crippen LogP contribution in [0.25, 0.3) is 0 Å². The van der Waals surface area contributed by atoms with Crippen LogP contribution >= 0.6 is 0 Å². The van der Waals surface area contributed by atoms with Gasteiger partial charge in [-0.1, -0.05) is 250 Å². The summed E-state index contributed by atoms with van der Waals surface area (Å²) in [5.74, 6) is -1.02. The molecule has 1 unspecified atom stereocenters. The molecule has 0 radical (unpaired) electrons. The molecule has 0 spiro atoms. The molecule has 6 heteroatoms. The summed E-state index contributed by atoms with van der Waals surface area (Å²) in [4.78, 5) is 37.9. The Labute approximate surface area is 391 Å². The molecule has 64 heavy (non-hydrogen) atoms. The van der Waals surface area contributed by atoms with Crippen molar-refractivity contribution >= 4 is 17.9 Å². The van der Waals surface area contributed by atoms with E-state index in [4.69, 9.17) is 14.2 Å². The number of hydrogen-bond acceptors (Lipinski definition) is 6. The molecular formula is C58H88O6. The van der Waals surface area contributed by atoms with Crippen LogP contribution in [-0.4, -0.2) is 37.2 Å². The third-order valence-corrected chi connectivity index (χ3v) is 9.91. The lowest BCUT2D eigenvalue weighted by atomic mass is 10.0. The fourth-order valence-electron chi connectivity index (χ4n) is 6.21. The van der Waals surface area contributed by atoms with Crippen LogP contribution < -0.4 is 0 Å². The van der Waals surface area contributed by atoms with E-state index in [9.17, 15) is 14.4 Å². The molecule has 0 amide bonds. The number of hydrogen-bond donors (Lipinski definition) is 0. The van der Waals surface area contributed by atoms with Gasteiger partial charge < -0.3 is 14.2 Å². The summed E-state index contributed by atoms with van der Waals surface area (Å²) in [7, 11) is 0. The van der Waals surface area contributed by atoms with Crippen LogP contribution in [0.4, 0.5) is 0 Å². The normalized spacial score (nSPS) is 13.4. The van der Waals surface area contributed by atoms with Crippen LogP contribution in [0.15, 0.2) is 146 Å². The molecule has 0 N–H and O–H groups in total. The van der Waals surface area contributed by atoms with Crippen molar-refractivity contribution in [2.75, 3.05) is 13.2 Å². The summed E-state index contributed by atoms with van der Waals surface area (Å²) in [5, 5.41) is 0. The van der Waals surface area contributed by atoms with Gasteiger partial charge in [0.15, 0.2) is 6.10 Å². The van der Waals surface area contributed by atoms with E-state index in [0.717, 1.165) is 70.6 Å². The highest BCUT2D eigenvalue weighted by Gasteiger charge is 2.19. The topological polar surface area (TPSA) is 78.9 Å². The Morgan fingerprint density at radius 2 is 0.609 bits per heavy atom. The van der Waals surface area contributed by atoms with Crippen LogP contribution in [0, 0.1) is 0 Å². The Balaban J connectivity index is 4.60. The van der Waals surface area contributed by atoms with Crippen LogP contribution in [0.3, 0.4) is 0 Å². The average molecular weight is 881 g/mol. The van der Waals surface area contributed by atoms with Gasteiger partial charge >= 0.3 is 17.9 Å². The van der Waals surface area contributed by atoms with Gasteiger partial charge in [-0.3, -0.25) is 14.4 Å². The van der Waals surface area contributed by atoms with Gasteiger partial charge in [0.05, 0.1) is 0 Å². The molecule has 6 nitrogen and oxygen atoms in total. The Kier molecular flexibility index (Phi) is 47.2. The van der Waals surface area contributed by atoms with Gasteiger partial charge in [0.25, 0.3) is 0 Å². The van der Waals surface area contributed by atoms with Crippen LogP contribution in [0.5, 0.6) is 0 Å². The fraction of sp³-hybridized carbons (Fsp3) is 0.534. The number of ether oxygens (including phenoxy) is 3. The van der Waals surface area contributed by atoms with E-state index in [1.165, 1.54) is 57.8 Å². The highest BCUT2D eigenvalue weighted by Crippen LogP contribution is 2.14. The van der Waals surface area contributed by atoms with E-state index in [1.54, 1.807) is 0 Å². The van der Waals surface area contributed by atoms with Crippen molar-refractivity contribution in [1.29, 1.82) is 0 Å². The van der Waals surface area contributed by atoms with E-state index < -0.39 is 6.10 Å². The second kappa shape index (κ2) is 50.9. The first kappa shape index (κ1) is 59.3. The largest absolute Gasteiger partial charge is 0.462 e. The zero-order chi connectivity index (χ0) is 46.5. The second-order valence-electron chi connectivity index (χ2n) is 15.9. The van der Waals surface area contributed by atoms with Crippen LogP contribution in [-0.2, 0) is 28.6 Å². The Morgan fingerprint density at radius 1 is 0.328 bits per heavy atom. The standard InChI is InChI=1S/C58H88O6/c1-4-7-10-13-16-19-22-25-27-28-29-30-32-33-36-39-42-45-48-51-57(60)63-54-55(53-62-56(59)50-47-44-41-38-35-24-21-18-15-12-9-6-3)64-58(61)52-49-46-43-40-37-34-31-26-23-20-17-14-11-8-5-2/h7-8,10-11,13-14,16-17,19-20,22-23,25-34,36-37,55H,4-6,9,12,15,18,21,24,35,38-54H2,1-3H3/b10-7-,11-8-,16-13-,17-14-,22-19-,23-20-,27-25-,29-28+,31-26-,32-30-,36-33-,37-34-. The number of allylic oxidation sites excluding steroid dienone is 24. The van der Waals surface area contributed by atoms with Crippen molar-refractivity contribution in [3.05, 3.63) is 146 Å². The van der Waals surface area contributed by atoms with E-state index in [0.29, 0.717) is 19.3 Å². The van der Waals surface area contributed by atoms with Crippen LogP contribution in [0.2, 0.25) is 0 Å². The van der Waals surface area contributed by atoms with E-state index in [2.05, 4.69) is 45.1 Å². The van der Waals surface area contributed by atoms with Gasteiger partial charge in [-0.2, -0.15) is 0 Å². The average Bonchev–Trinajstić information content (AvgIpc) is 3.29. The minimum absolute atomic E-state index is 0.115. The Bertz CT molecular complexity index is 1480. The summed E-state index contributed by atoms with van der Waals surface area (Å²) in [6.07, 6.45) is 72.5. The lowest BCUT2D eigenvalue weighted by Crippen LogP contribution is -2.30. The summed E-state index contributed by atoms with van der Waals surface area (Å²) in [5.41, 5.74) is 0. The predicted octanol–water partition coefficient (Wildman–Crippen LogP) is 16.5. The first-order valence-electron chi connectivity index (χ1n) is 25.0. The van der Waals surface area contributed by atoms with Gasteiger partial charge in [-0.15, -0.1) is 0 Å². The van der Waals surface area contributed by atoms with Crippen molar-refractivity contribution in [2.24, 2.45) is 0 Å². The first-order chi connectivity index (χ1) is 31.5. The maximum absolute atomic E-state index is 12.8. The molecule has 0 aliphatic heterocycles. The maximum atomic E-state index is 12.8. The predicted molar refractivity (Wildman–Crippen MR) is 274 cm³/mol. The molecule has 356 valence electrons. The summed E-state index contributed by atoms with van der Waals surface area (Å²) < 4.78 is 16.7. The molecule has 0 fully saturated rings. The zero-order valence-electron chi connectivity index (χ0n) is 40.5. The van der Waals surface area contributed by atoms with E-state index in [1.807, 2.05) is 122 Å². The number of unbranched alkanes of at least 4 members (excludes halogenated alkanes) is 17. The van der Waals surface area contributed by atoms with Crippen molar-refractivity contribution in [3.8, 4) is 0 Å². The molecule has 0 bridgehead atoms. The quantitative estimate of drug-likeness (QED) is 0.0263. The molecule has 0 heterocycles. The summed E-state index contributed by atoms with van der Waals surface area (Å²) in [6, 6.07) is 0. The molecule has 0 aromatic carbocycles. The number of carbonyl (C=O) groups excluding carboxylic acids is 3. The van der Waals surface area contributed by atoms with Crippen molar-refractivity contribution < 1.29 is 28.6 Å². The van der Waals surface area contributed by atoms with Gasteiger partial charge in [0.1, 0.15) is 13.2 Å². The van der Waals surface area contributed by atoms with E-state index >= 15 is 0 Å². The Hall–Kier alpha value is -4.71. The molecule has 0 aliphatic rings. The smallest absolute Gasteiger partial charge is 0.306 e. The molecular weight excluding hydrogens is 793 g/mol. The Morgan fingerprint density at radius 3 is 0.953 bits per heavy atom. The molecule has 0 saturated heterocycles. The van der Waals surface area contributed by atoms with Gasteiger partial charge in [-0.05, 0) is 57.8 Å². The summed E-state index contributed by atoms with van der Waals surface area (Å²) in [6.45, 7) is 6.24. The fourth-order valence-corrected chi connectivity index (χ4v) is 6.21. The van der Waals surface area contributed by atoms with Crippen molar-refractivity contribution in [3.63, 3.8) is 0 Å². The van der Waals surface area contributed by atoms with E-state index in [-0.39, 0.29) is 44.0 Å². The number of esters is 3. The summed E-state index contributed by atoms with van der Waals surface area (Å²) >= 11 is 0. The van der Waals surface area contributed by atoms with Gasteiger partial charge in [0.2, 0.25) is 0 Å². The number of rotatable bonds is 42. The molecule has 0 saturated carbocycles. The third-order valence-electron chi connectivity index (χ3n) is 9.91. The van der Waals surface area contributed by atoms with Crippen molar-refractivity contribution in [1.82, 2.24) is 0 Å². The highest BCUT2D eigenvalue weighted by atomic mass is 16.6.